The van der Waals surface area contributed by atoms with E-state index in [-0.39, 0.29) is 5.41 Å². The largest absolute Gasteiger partial charge is 0.275 e. The van der Waals surface area contributed by atoms with Gasteiger partial charge in [0.15, 0.2) is 11.6 Å². The Morgan fingerprint density at radius 2 is 1.12 bits per heavy atom. The first-order valence-corrected chi connectivity index (χ1v) is 14.4. The lowest BCUT2D eigenvalue weighted by atomic mass is 9.86. The molecule has 0 radical (unpaired) electrons. The van der Waals surface area contributed by atoms with Crippen molar-refractivity contribution in [2.75, 3.05) is 0 Å². The number of para-hydroxylation sites is 1. The van der Waals surface area contributed by atoms with E-state index in [1.54, 1.807) is 0 Å². The van der Waals surface area contributed by atoms with Gasteiger partial charge in [0.05, 0.1) is 0 Å². The maximum Gasteiger partial charge on any atom is 0.168 e. The van der Waals surface area contributed by atoms with Crippen LogP contribution in [0.1, 0.15) is 26.3 Å². The third-order valence-electron chi connectivity index (χ3n) is 7.54. The summed E-state index contributed by atoms with van der Waals surface area (Å²) in [6.45, 7) is 6.70. The van der Waals surface area contributed by atoms with Crippen LogP contribution in [0.4, 0.5) is 0 Å². The van der Waals surface area contributed by atoms with Gasteiger partial charge < -0.3 is 0 Å². The lowest BCUT2D eigenvalue weighted by molar-refractivity contribution is 0.590. The van der Waals surface area contributed by atoms with E-state index in [0.29, 0.717) is 0 Å². The highest BCUT2D eigenvalue weighted by atomic mass is 32.1. The fraction of sp³-hybridized carbons (Fsp3) is 0.111. The van der Waals surface area contributed by atoms with Gasteiger partial charge in [0.2, 0.25) is 0 Å². The molecule has 0 saturated heterocycles. The monoisotopic (exact) mass is 535 g/mol. The smallest absolute Gasteiger partial charge is 0.168 e. The highest BCUT2D eigenvalue weighted by molar-refractivity contribution is 7.26. The molecule has 0 spiro atoms. The van der Waals surface area contributed by atoms with Gasteiger partial charge in [-0.1, -0.05) is 124 Å². The van der Waals surface area contributed by atoms with Gasteiger partial charge in [-0.15, -0.1) is 21.5 Å². The van der Waals surface area contributed by atoms with Gasteiger partial charge in [-0.2, -0.15) is 0 Å². The van der Waals surface area contributed by atoms with Crippen LogP contribution in [-0.2, 0) is 5.41 Å². The Labute approximate surface area is 238 Å². The first kappa shape index (κ1) is 24.5. The Hall–Kier alpha value is -4.54. The zero-order chi connectivity index (χ0) is 27.3. The Bertz CT molecular complexity index is 1960. The first-order chi connectivity index (χ1) is 19.5. The predicted molar refractivity (Wildman–Crippen MR) is 169 cm³/mol. The van der Waals surface area contributed by atoms with E-state index >= 15 is 0 Å². The molecular formula is C36H29N3S. The molecule has 0 saturated carbocycles. The molecule has 0 amide bonds. The quantitative estimate of drug-likeness (QED) is 0.224. The van der Waals surface area contributed by atoms with Gasteiger partial charge in [-0.25, -0.2) is 0 Å². The van der Waals surface area contributed by atoms with Crippen LogP contribution in [0, 0.1) is 0 Å². The molecule has 0 atom stereocenters. The van der Waals surface area contributed by atoms with Gasteiger partial charge in [-0.05, 0) is 40.3 Å². The summed E-state index contributed by atoms with van der Waals surface area (Å²) in [6.07, 6.45) is 0. The predicted octanol–water partition coefficient (Wildman–Crippen LogP) is 9.93. The van der Waals surface area contributed by atoms with Gasteiger partial charge in [-0.3, -0.25) is 4.57 Å². The third kappa shape index (κ3) is 4.21. The fourth-order valence-electron chi connectivity index (χ4n) is 5.37. The van der Waals surface area contributed by atoms with Crippen molar-refractivity contribution < 1.29 is 0 Å². The number of rotatable bonds is 4. The van der Waals surface area contributed by atoms with Crippen LogP contribution in [0.3, 0.4) is 0 Å². The standard InChI is InChI=1S/C36H29N3S/c1-36(2,3)27-22-20-26(21-23-27)35-38-37-34(39(35)28-10-5-4-6-11-28)25-18-16-24(17-19-25)29-13-9-14-31-30-12-7-8-15-32(30)40-33(29)31/h4-23H,1-3H3. The molecule has 0 bridgehead atoms. The number of benzene rings is 5. The molecule has 0 aliphatic carbocycles. The van der Waals surface area contributed by atoms with E-state index in [4.69, 9.17) is 10.2 Å². The second kappa shape index (κ2) is 9.58. The molecule has 194 valence electrons. The molecule has 5 aromatic carbocycles. The molecule has 0 aliphatic heterocycles. The highest BCUT2D eigenvalue weighted by Crippen LogP contribution is 2.40. The maximum atomic E-state index is 4.71. The summed E-state index contributed by atoms with van der Waals surface area (Å²) in [5.41, 5.74) is 6.96. The van der Waals surface area contributed by atoms with Gasteiger partial charge in [0.1, 0.15) is 0 Å². The van der Waals surface area contributed by atoms with Crippen LogP contribution in [-0.4, -0.2) is 14.8 Å². The number of fused-ring (bicyclic) bond motifs is 3. The van der Waals surface area contributed by atoms with Crippen LogP contribution in [0.25, 0.3) is 59.8 Å². The molecular weight excluding hydrogens is 506 g/mol. The van der Waals surface area contributed by atoms with Crippen molar-refractivity contribution in [2.24, 2.45) is 0 Å². The summed E-state index contributed by atoms with van der Waals surface area (Å²) in [7, 11) is 0. The van der Waals surface area contributed by atoms with E-state index < -0.39 is 0 Å². The lowest BCUT2D eigenvalue weighted by Crippen LogP contribution is -2.10. The molecule has 0 N–H and O–H groups in total. The summed E-state index contributed by atoms with van der Waals surface area (Å²) in [5, 5.41) is 12.0. The summed E-state index contributed by atoms with van der Waals surface area (Å²) in [5.74, 6) is 1.66. The van der Waals surface area contributed by atoms with E-state index in [1.807, 2.05) is 17.4 Å². The maximum absolute atomic E-state index is 4.71. The molecule has 0 fully saturated rings. The van der Waals surface area contributed by atoms with E-state index in [1.165, 1.54) is 36.9 Å². The molecule has 7 aromatic rings. The molecule has 3 nitrogen and oxygen atoms in total. The van der Waals surface area contributed by atoms with Crippen molar-refractivity contribution in [3.63, 3.8) is 0 Å². The van der Waals surface area contributed by atoms with Crippen molar-refractivity contribution >= 4 is 31.5 Å². The van der Waals surface area contributed by atoms with Crippen LogP contribution < -0.4 is 0 Å². The Kier molecular flexibility index (Phi) is 5.87. The highest BCUT2D eigenvalue weighted by Gasteiger charge is 2.19. The molecule has 0 unspecified atom stereocenters. The zero-order valence-electron chi connectivity index (χ0n) is 22.8. The van der Waals surface area contributed by atoms with Crippen molar-refractivity contribution in [1.29, 1.82) is 0 Å². The first-order valence-electron chi connectivity index (χ1n) is 13.6. The summed E-state index contributed by atoms with van der Waals surface area (Å²) >= 11 is 1.86. The number of nitrogens with zero attached hydrogens (tertiary/aromatic N) is 3. The summed E-state index contributed by atoms with van der Waals surface area (Å²) in [4.78, 5) is 0. The molecule has 7 rings (SSSR count). The number of aromatic nitrogens is 3. The SMILES string of the molecule is CC(C)(C)c1ccc(-c2nnc(-c3ccc(-c4cccc5c4sc4ccccc45)cc3)n2-c2ccccc2)cc1. The second-order valence-corrected chi connectivity index (χ2v) is 12.3. The van der Waals surface area contributed by atoms with Crippen LogP contribution in [0.15, 0.2) is 121 Å². The summed E-state index contributed by atoms with van der Waals surface area (Å²) in [6, 6.07) is 43.1. The molecule has 40 heavy (non-hydrogen) atoms. The third-order valence-corrected chi connectivity index (χ3v) is 8.76. The topological polar surface area (TPSA) is 30.7 Å². The van der Waals surface area contributed by atoms with Crippen molar-refractivity contribution in [2.45, 2.75) is 26.2 Å². The van der Waals surface area contributed by atoms with Crippen LogP contribution in [0.2, 0.25) is 0 Å². The average Bonchev–Trinajstić information content (AvgIpc) is 3.60. The Morgan fingerprint density at radius 3 is 1.80 bits per heavy atom. The van der Waals surface area contributed by atoms with Crippen molar-refractivity contribution in [3.8, 4) is 39.6 Å². The molecule has 4 heteroatoms. The normalized spacial score (nSPS) is 11.9. The average molecular weight is 536 g/mol. The number of hydrogen-bond acceptors (Lipinski definition) is 3. The molecule has 2 aromatic heterocycles. The molecule has 0 aliphatic rings. The van der Waals surface area contributed by atoms with Crippen molar-refractivity contribution in [3.05, 3.63) is 127 Å². The van der Waals surface area contributed by atoms with Crippen LogP contribution in [0.5, 0.6) is 0 Å². The minimum Gasteiger partial charge on any atom is -0.275 e. The van der Waals surface area contributed by atoms with Crippen molar-refractivity contribution in [1.82, 2.24) is 14.8 Å². The Balaban J connectivity index is 1.32. The van der Waals surface area contributed by atoms with Crippen LogP contribution >= 0.6 is 11.3 Å². The number of hydrogen-bond donors (Lipinski definition) is 0. The minimum atomic E-state index is 0.0959. The van der Waals surface area contributed by atoms with E-state index in [9.17, 15) is 0 Å². The number of thiophene rings is 1. The summed E-state index contributed by atoms with van der Waals surface area (Å²) < 4.78 is 4.80. The van der Waals surface area contributed by atoms with Gasteiger partial charge in [0, 0.05) is 37.0 Å². The lowest BCUT2D eigenvalue weighted by Gasteiger charge is -2.19. The second-order valence-electron chi connectivity index (χ2n) is 11.2. The Morgan fingerprint density at radius 1 is 0.550 bits per heavy atom. The fourth-order valence-corrected chi connectivity index (χ4v) is 6.61. The minimum absolute atomic E-state index is 0.0959. The molecule has 2 heterocycles. The van der Waals surface area contributed by atoms with Gasteiger partial charge >= 0.3 is 0 Å². The van der Waals surface area contributed by atoms with Gasteiger partial charge in [0.25, 0.3) is 0 Å². The van der Waals surface area contributed by atoms with E-state index in [2.05, 4.69) is 141 Å². The van der Waals surface area contributed by atoms with E-state index in [0.717, 1.165) is 28.5 Å². The zero-order valence-corrected chi connectivity index (χ0v) is 23.6.